The Morgan fingerprint density at radius 1 is 0.328 bits per heavy atom. The zero-order valence-corrected chi connectivity index (χ0v) is 40.7. The molecule has 61 heavy (non-hydrogen) atoms. The van der Waals surface area contributed by atoms with Crippen LogP contribution in [0.1, 0.15) is 278 Å². The monoisotopic (exact) mass is 857 g/mol. The van der Waals surface area contributed by atoms with E-state index >= 15 is 0 Å². The van der Waals surface area contributed by atoms with Crippen LogP contribution in [0, 0.1) is 0 Å². The zero-order valence-electron chi connectivity index (χ0n) is 40.7. The van der Waals surface area contributed by atoms with Crippen molar-refractivity contribution in [1.82, 2.24) is 0 Å². The second kappa shape index (κ2) is 50.3. The Morgan fingerprint density at radius 3 is 0.951 bits per heavy atom. The molecule has 6 heteroatoms. The molecular weight excluding hydrogens is 757 g/mol. The number of allylic oxidation sites excluding steroid dienone is 6. The molecule has 1 atom stereocenters. The van der Waals surface area contributed by atoms with Gasteiger partial charge in [0.25, 0.3) is 0 Å². The van der Waals surface area contributed by atoms with Crippen molar-refractivity contribution in [3.63, 3.8) is 0 Å². The molecule has 0 radical (unpaired) electrons. The van der Waals surface area contributed by atoms with E-state index in [1.54, 1.807) is 0 Å². The molecule has 0 aromatic carbocycles. The molecule has 0 saturated carbocycles. The number of unbranched alkanes of at least 4 members (excludes halogenated alkanes) is 31. The third-order valence-corrected chi connectivity index (χ3v) is 11.6. The number of hydrogen-bond acceptors (Lipinski definition) is 6. The number of hydrogen-bond donors (Lipinski definition) is 0. The lowest BCUT2D eigenvalue weighted by molar-refractivity contribution is -0.167. The molecule has 0 rings (SSSR count). The van der Waals surface area contributed by atoms with Crippen molar-refractivity contribution in [2.45, 2.75) is 284 Å². The van der Waals surface area contributed by atoms with E-state index in [4.69, 9.17) is 14.2 Å². The lowest BCUT2D eigenvalue weighted by Crippen LogP contribution is -2.30. The van der Waals surface area contributed by atoms with Crippen LogP contribution < -0.4 is 0 Å². The van der Waals surface area contributed by atoms with Crippen molar-refractivity contribution >= 4 is 17.9 Å². The molecule has 0 aliphatic carbocycles. The summed E-state index contributed by atoms with van der Waals surface area (Å²) in [6.07, 6.45) is 58.4. The summed E-state index contributed by atoms with van der Waals surface area (Å²) in [6, 6.07) is 0. The van der Waals surface area contributed by atoms with E-state index in [1.807, 2.05) is 0 Å². The first kappa shape index (κ1) is 58.6. The van der Waals surface area contributed by atoms with Crippen molar-refractivity contribution in [2.75, 3.05) is 13.2 Å². The van der Waals surface area contributed by atoms with Gasteiger partial charge in [-0.15, -0.1) is 0 Å². The lowest BCUT2D eigenvalue weighted by Gasteiger charge is -2.18. The third-order valence-electron chi connectivity index (χ3n) is 11.6. The fraction of sp³-hybridized carbons (Fsp3) is 0.836. The third kappa shape index (κ3) is 48.5. The van der Waals surface area contributed by atoms with Gasteiger partial charge in [-0.25, -0.2) is 0 Å². The quantitative estimate of drug-likeness (QED) is 0.0262. The molecule has 0 bridgehead atoms. The minimum Gasteiger partial charge on any atom is -0.462 e. The fourth-order valence-corrected chi connectivity index (χ4v) is 7.59. The van der Waals surface area contributed by atoms with Crippen LogP contribution in [-0.4, -0.2) is 37.2 Å². The highest BCUT2D eigenvalue weighted by molar-refractivity contribution is 5.71. The summed E-state index contributed by atoms with van der Waals surface area (Å²) in [7, 11) is 0. The fourth-order valence-electron chi connectivity index (χ4n) is 7.59. The summed E-state index contributed by atoms with van der Waals surface area (Å²) in [5.74, 6) is -0.880. The second-order valence-corrected chi connectivity index (χ2v) is 17.8. The minimum atomic E-state index is -0.773. The molecule has 0 heterocycles. The van der Waals surface area contributed by atoms with Crippen LogP contribution in [0.4, 0.5) is 0 Å². The summed E-state index contributed by atoms with van der Waals surface area (Å²) >= 11 is 0. The SMILES string of the molecule is CCCCC/C=C\C/C=C\CCCCCCCCCCCC(=O)OC[C@@H](COC(=O)CCCCCCCCCCC)OC(=O)CCCCCCC/C=C\CCCCCCCC. The van der Waals surface area contributed by atoms with E-state index in [2.05, 4.69) is 57.2 Å². The Hall–Kier alpha value is -2.37. The van der Waals surface area contributed by atoms with Gasteiger partial charge in [0, 0.05) is 19.3 Å². The van der Waals surface area contributed by atoms with Crippen LogP contribution in [0.15, 0.2) is 36.5 Å². The molecule has 0 fully saturated rings. The molecule has 0 aliphatic rings. The Morgan fingerprint density at radius 2 is 0.590 bits per heavy atom. The van der Waals surface area contributed by atoms with E-state index in [0.717, 1.165) is 70.6 Å². The van der Waals surface area contributed by atoms with E-state index in [-0.39, 0.29) is 31.1 Å². The smallest absolute Gasteiger partial charge is 0.306 e. The number of carbonyl (C=O) groups excluding carboxylic acids is 3. The second-order valence-electron chi connectivity index (χ2n) is 17.8. The highest BCUT2D eigenvalue weighted by atomic mass is 16.6. The number of rotatable bonds is 48. The molecular formula is C55H100O6. The van der Waals surface area contributed by atoms with Gasteiger partial charge in [0.1, 0.15) is 13.2 Å². The molecule has 0 unspecified atom stereocenters. The molecule has 0 N–H and O–H groups in total. The summed E-state index contributed by atoms with van der Waals surface area (Å²) < 4.78 is 16.8. The van der Waals surface area contributed by atoms with E-state index in [1.165, 1.54) is 167 Å². The Bertz CT molecular complexity index is 1030. The Kier molecular flexibility index (Phi) is 48.3. The van der Waals surface area contributed by atoms with Crippen molar-refractivity contribution in [3.05, 3.63) is 36.5 Å². The van der Waals surface area contributed by atoms with Gasteiger partial charge in [0.2, 0.25) is 0 Å². The van der Waals surface area contributed by atoms with Gasteiger partial charge in [-0.1, -0.05) is 218 Å². The highest BCUT2D eigenvalue weighted by Crippen LogP contribution is 2.15. The van der Waals surface area contributed by atoms with Gasteiger partial charge in [-0.3, -0.25) is 14.4 Å². The van der Waals surface area contributed by atoms with Gasteiger partial charge in [0.05, 0.1) is 0 Å². The molecule has 6 nitrogen and oxygen atoms in total. The molecule has 0 spiro atoms. The van der Waals surface area contributed by atoms with Crippen LogP contribution in [0.25, 0.3) is 0 Å². The normalized spacial score (nSPS) is 12.2. The molecule has 0 aliphatic heterocycles. The van der Waals surface area contributed by atoms with Crippen LogP contribution in [-0.2, 0) is 28.6 Å². The van der Waals surface area contributed by atoms with Crippen LogP contribution in [0.3, 0.4) is 0 Å². The van der Waals surface area contributed by atoms with E-state index < -0.39 is 6.10 Å². The predicted molar refractivity (Wildman–Crippen MR) is 261 cm³/mol. The van der Waals surface area contributed by atoms with Gasteiger partial charge < -0.3 is 14.2 Å². The van der Waals surface area contributed by atoms with E-state index in [9.17, 15) is 14.4 Å². The maximum atomic E-state index is 12.8. The molecule has 0 aromatic heterocycles. The number of ether oxygens (including phenoxy) is 3. The maximum absolute atomic E-state index is 12.8. The van der Waals surface area contributed by atoms with Crippen LogP contribution >= 0.6 is 0 Å². The first-order valence-corrected chi connectivity index (χ1v) is 26.5. The topological polar surface area (TPSA) is 78.9 Å². The number of carbonyl (C=O) groups is 3. The standard InChI is InChI=1S/C55H100O6/c1-4-7-10-13-16-19-21-23-25-26-27-28-30-31-33-36-39-42-45-48-54(57)60-51-52(50-59-53(56)47-44-41-38-35-18-15-12-9-6-3)61-55(58)49-46-43-40-37-34-32-29-24-22-20-17-14-11-8-5-2/h16,19,23-25,29,52H,4-15,17-18,20-22,26-28,30-51H2,1-3H3/b19-16-,25-23-,29-24-/t52-/m1/s1. The molecule has 0 amide bonds. The summed E-state index contributed by atoms with van der Waals surface area (Å²) in [5.41, 5.74) is 0. The summed E-state index contributed by atoms with van der Waals surface area (Å²) in [6.45, 7) is 6.60. The maximum Gasteiger partial charge on any atom is 0.306 e. The highest BCUT2D eigenvalue weighted by Gasteiger charge is 2.19. The van der Waals surface area contributed by atoms with Crippen molar-refractivity contribution in [3.8, 4) is 0 Å². The van der Waals surface area contributed by atoms with Crippen molar-refractivity contribution in [1.29, 1.82) is 0 Å². The first-order chi connectivity index (χ1) is 30.0. The number of esters is 3. The zero-order chi connectivity index (χ0) is 44.4. The van der Waals surface area contributed by atoms with Gasteiger partial charge >= 0.3 is 17.9 Å². The van der Waals surface area contributed by atoms with Gasteiger partial charge in [-0.2, -0.15) is 0 Å². The van der Waals surface area contributed by atoms with Gasteiger partial charge in [-0.05, 0) is 77.0 Å². The summed E-state index contributed by atoms with van der Waals surface area (Å²) in [5, 5.41) is 0. The Labute approximate surface area is 378 Å². The average Bonchev–Trinajstić information content (AvgIpc) is 3.26. The average molecular weight is 857 g/mol. The molecule has 0 aromatic rings. The van der Waals surface area contributed by atoms with E-state index in [0.29, 0.717) is 19.3 Å². The lowest BCUT2D eigenvalue weighted by atomic mass is 10.1. The summed E-state index contributed by atoms with van der Waals surface area (Å²) in [4.78, 5) is 37.9. The minimum absolute atomic E-state index is 0.0742. The van der Waals surface area contributed by atoms with Crippen molar-refractivity contribution < 1.29 is 28.6 Å². The first-order valence-electron chi connectivity index (χ1n) is 26.5. The van der Waals surface area contributed by atoms with Crippen LogP contribution in [0.2, 0.25) is 0 Å². The molecule has 356 valence electrons. The van der Waals surface area contributed by atoms with Gasteiger partial charge in [0.15, 0.2) is 6.10 Å². The van der Waals surface area contributed by atoms with Crippen molar-refractivity contribution in [2.24, 2.45) is 0 Å². The molecule has 0 saturated heterocycles. The largest absolute Gasteiger partial charge is 0.462 e. The van der Waals surface area contributed by atoms with Crippen LogP contribution in [0.5, 0.6) is 0 Å². The predicted octanol–water partition coefficient (Wildman–Crippen LogP) is 17.3. The Balaban J connectivity index is 4.29.